The number of aromatic amines is 1. The minimum Gasteiger partial charge on any atom is -0.487 e. The molecule has 33 heavy (non-hydrogen) atoms. The number of nitrogens with one attached hydrogen (secondary N) is 3. The third-order valence-corrected chi connectivity index (χ3v) is 5.11. The number of halogens is 2. The van der Waals surface area contributed by atoms with Crippen molar-refractivity contribution in [3.63, 3.8) is 0 Å². The van der Waals surface area contributed by atoms with E-state index in [2.05, 4.69) is 25.6 Å². The Bertz CT molecular complexity index is 1200. The average Bonchev–Trinajstić information content (AvgIpc) is 3.22. The number of guanidine groups is 1. The predicted octanol–water partition coefficient (Wildman–Crippen LogP) is 4.81. The Morgan fingerprint density at radius 3 is 2.82 bits per heavy atom. The maximum atomic E-state index is 13.4. The predicted molar refractivity (Wildman–Crippen MR) is 141 cm³/mol. The maximum absolute atomic E-state index is 13.4. The van der Waals surface area contributed by atoms with Gasteiger partial charge in [-0.1, -0.05) is 18.2 Å². The second-order valence-corrected chi connectivity index (χ2v) is 7.36. The smallest absolute Gasteiger partial charge is 0.191 e. The van der Waals surface area contributed by atoms with Gasteiger partial charge >= 0.3 is 0 Å². The van der Waals surface area contributed by atoms with E-state index in [1.54, 1.807) is 13.2 Å². The second-order valence-electron chi connectivity index (χ2n) is 7.36. The van der Waals surface area contributed by atoms with E-state index >= 15 is 0 Å². The van der Waals surface area contributed by atoms with E-state index < -0.39 is 0 Å². The van der Waals surface area contributed by atoms with Crippen LogP contribution in [0, 0.1) is 5.82 Å². The van der Waals surface area contributed by atoms with Crippen LogP contribution in [0.5, 0.6) is 5.75 Å². The topological polar surface area (TPSA) is 74.3 Å². The lowest BCUT2D eigenvalue weighted by Crippen LogP contribution is -2.37. The highest BCUT2D eigenvalue weighted by Gasteiger charge is 2.06. The molecule has 0 fully saturated rings. The van der Waals surface area contributed by atoms with Crippen molar-refractivity contribution >= 4 is 40.8 Å². The van der Waals surface area contributed by atoms with Crippen molar-refractivity contribution in [3.8, 4) is 5.75 Å². The number of nitrogens with zero attached hydrogens (tertiary/aromatic N) is 2. The highest BCUT2D eigenvalue weighted by atomic mass is 127. The fourth-order valence-electron chi connectivity index (χ4n) is 3.47. The standard InChI is InChI=1S/C25H26FN5O.HI/c1-27-25(29-12-10-19-16-30-24-14-20(26)8-9-23(19)24)31-15-18-5-4-7-22(13-18)32-17-21-6-2-3-11-28-21;/h2-9,11,13-14,16,30H,10,12,15,17H2,1H3,(H2,27,29,31);1H. The lowest BCUT2D eigenvalue weighted by Gasteiger charge is -2.13. The van der Waals surface area contributed by atoms with Crippen molar-refractivity contribution in [2.24, 2.45) is 4.99 Å². The van der Waals surface area contributed by atoms with E-state index in [1.807, 2.05) is 54.7 Å². The zero-order valence-electron chi connectivity index (χ0n) is 18.3. The summed E-state index contributed by atoms with van der Waals surface area (Å²) in [5, 5.41) is 7.69. The molecule has 0 atom stereocenters. The number of aromatic nitrogens is 2. The average molecular weight is 559 g/mol. The summed E-state index contributed by atoms with van der Waals surface area (Å²) in [5.74, 6) is 1.28. The first kappa shape index (κ1) is 24.5. The number of fused-ring (bicyclic) bond motifs is 1. The lowest BCUT2D eigenvalue weighted by atomic mass is 10.1. The summed E-state index contributed by atoms with van der Waals surface area (Å²) in [6.07, 6.45) is 4.48. The minimum atomic E-state index is -0.236. The molecular weight excluding hydrogens is 532 g/mol. The summed E-state index contributed by atoms with van der Waals surface area (Å²) in [6.45, 7) is 1.76. The second kappa shape index (κ2) is 12.2. The van der Waals surface area contributed by atoms with Gasteiger partial charge in [0.15, 0.2) is 5.96 Å². The van der Waals surface area contributed by atoms with Gasteiger partial charge in [0, 0.05) is 43.4 Å². The molecule has 0 spiro atoms. The van der Waals surface area contributed by atoms with Crippen LogP contribution in [0.3, 0.4) is 0 Å². The molecule has 4 aromatic rings. The molecule has 8 heteroatoms. The normalized spacial score (nSPS) is 11.2. The van der Waals surface area contributed by atoms with Gasteiger partial charge in [-0.05, 0) is 60.0 Å². The van der Waals surface area contributed by atoms with Crippen molar-refractivity contribution in [3.05, 3.63) is 95.7 Å². The van der Waals surface area contributed by atoms with Crippen LogP contribution < -0.4 is 15.4 Å². The van der Waals surface area contributed by atoms with Crippen LogP contribution >= 0.6 is 24.0 Å². The highest BCUT2D eigenvalue weighted by molar-refractivity contribution is 14.0. The summed E-state index contributed by atoms with van der Waals surface area (Å²) in [7, 11) is 1.75. The molecule has 0 aliphatic carbocycles. The number of ether oxygens (including phenoxy) is 1. The zero-order chi connectivity index (χ0) is 22.2. The summed E-state index contributed by atoms with van der Waals surface area (Å²) in [4.78, 5) is 11.7. The fraction of sp³-hybridized carbons (Fsp3) is 0.200. The van der Waals surface area contributed by atoms with Gasteiger partial charge < -0.3 is 20.4 Å². The first-order chi connectivity index (χ1) is 15.7. The van der Waals surface area contributed by atoms with Crippen molar-refractivity contribution in [2.45, 2.75) is 19.6 Å². The lowest BCUT2D eigenvalue weighted by molar-refractivity contribution is 0.301. The molecular formula is C25H27FIN5O. The molecule has 2 heterocycles. The van der Waals surface area contributed by atoms with Gasteiger partial charge in [0.2, 0.25) is 0 Å². The van der Waals surface area contributed by atoms with E-state index in [4.69, 9.17) is 4.74 Å². The minimum absolute atomic E-state index is 0. The van der Waals surface area contributed by atoms with Gasteiger partial charge in [0.25, 0.3) is 0 Å². The molecule has 0 saturated heterocycles. The van der Waals surface area contributed by atoms with Crippen molar-refractivity contribution in [2.75, 3.05) is 13.6 Å². The summed E-state index contributed by atoms with van der Waals surface area (Å²) >= 11 is 0. The van der Waals surface area contributed by atoms with E-state index in [0.717, 1.165) is 45.9 Å². The molecule has 2 aromatic carbocycles. The van der Waals surface area contributed by atoms with Gasteiger partial charge in [0.1, 0.15) is 18.2 Å². The number of H-pyrrole nitrogens is 1. The monoisotopic (exact) mass is 559 g/mol. The quantitative estimate of drug-likeness (QED) is 0.165. The van der Waals surface area contributed by atoms with E-state index in [9.17, 15) is 4.39 Å². The Labute approximate surface area is 209 Å². The van der Waals surface area contributed by atoms with Gasteiger partial charge in [-0.2, -0.15) is 0 Å². The van der Waals surface area contributed by atoms with Gasteiger partial charge in [-0.25, -0.2) is 4.39 Å². The van der Waals surface area contributed by atoms with E-state index in [-0.39, 0.29) is 29.8 Å². The van der Waals surface area contributed by atoms with Crippen molar-refractivity contribution in [1.82, 2.24) is 20.6 Å². The molecule has 172 valence electrons. The summed E-state index contributed by atoms with van der Waals surface area (Å²) < 4.78 is 19.2. The van der Waals surface area contributed by atoms with Crippen LogP contribution in [-0.2, 0) is 19.6 Å². The first-order valence-electron chi connectivity index (χ1n) is 10.5. The van der Waals surface area contributed by atoms with Crippen LogP contribution in [0.15, 0.2) is 78.0 Å². The van der Waals surface area contributed by atoms with Crippen LogP contribution in [-0.4, -0.2) is 29.5 Å². The third-order valence-electron chi connectivity index (χ3n) is 5.11. The molecule has 0 aliphatic rings. The molecule has 6 nitrogen and oxygen atoms in total. The summed E-state index contributed by atoms with van der Waals surface area (Å²) in [6, 6.07) is 18.5. The molecule has 0 amide bonds. The largest absolute Gasteiger partial charge is 0.487 e. The van der Waals surface area contributed by atoms with Crippen LogP contribution in [0.2, 0.25) is 0 Å². The Hall–Kier alpha value is -3.14. The number of hydrogen-bond acceptors (Lipinski definition) is 3. The number of pyridine rings is 1. The van der Waals surface area contributed by atoms with Crippen molar-refractivity contribution in [1.29, 1.82) is 0 Å². The van der Waals surface area contributed by atoms with Gasteiger partial charge in [-0.15, -0.1) is 24.0 Å². The number of rotatable bonds is 8. The highest BCUT2D eigenvalue weighted by Crippen LogP contribution is 2.19. The fourth-order valence-corrected chi connectivity index (χ4v) is 3.47. The van der Waals surface area contributed by atoms with Crippen LogP contribution in [0.4, 0.5) is 4.39 Å². The Kier molecular flexibility index (Phi) is 9.05. The number of benzene rings is 2. The SMILES string of the molecule is CN=C(NCCc1c[nH]c2cc(F)ccc12)NCc1cccc(OCc2ccccn2)c1.I. The Morgan fingerprint density at radius 1 is 1.09 bits per heavy atom. The Balaban J connectivity index is 0.00000306. The molecule has 0 unspecified atom stereocenters. The van der Waals surface area contributed by atoms with Crippen LogP contribution in [0.1, 0.15) is 16.8 Å². The molecule has 0 radical (unpaired) electrons. The third kappa shape index (κ3) is 6.92. The molecule has 0 saturated carbocycles. The van der Waals surface area contributed by atoms with Crippen LogP contribution in [0.25, 0.3) is 10.9 Å². The van der Waals surface area contributed by atoms with E-state index in [1.165, 1.54) is 12.1 Å². The first-order valence-corrected chi connectivity index (χ1v) is 10.5. The molecule has 3 N–H and O–H groups in total. The number of aliphatic imine (C=N–C) groups is 1. The molecule has 0 bridgehead atoms. The molecule has 0 aliphatic heterocycles. The van der Waals surface area contributed by atoms with Gasteiger partial charge in [0.05, 0.1) is 5.69 Å². The Morgan fingerprint density at radius 2 is 2.00 bits per heavy atom. The zero-order valence-corrected chi connectivity index (χ0v) is 20.7. The molecule has 4 rings (SSSR count). The van der Waals surface area contributed by atoms with Gasteiger partial charge in [-0.3, -0.25) is 9.98 Å². The van der Waals surface area contributed by atoms with Crippen molar-refractivity contribution < 1.29 is 9.13 Å². The maximum Gasteiger partial charge on any atom is 0.191 e. The van der Waals surface area contributed by atoms with E-state index in [0.29, 0.717) is 19.7 Å². The summed E-state index contributed by atoms with van der Waals surface area (Å²) in [5.41, 5.74) is 3.93. The molecule has 2 aromatic heterocycles. The number of hydrogen-bond donors (Lipinski definition) is 3.